The van der Waals surface area contributed by atoms with Crippen molar-refractivity contribution in [3.8, 4) is 5.75 Å². The molecule has 0 fully saturated rings. The molecule has 2 N–H and O–H groups in total. The van der Waals surface area contributed by atoms with E-state index in [-0.39, 0.29) is 16.7 Å². The molecule has 0 unspecified atom stereocenters. The van der Waals surface area contributed by atoms with Crippen molar-refractivity contribution in [2.24, 2.45) is 0 Å². The Balaban J connectivity index is 1.64. The molecule has 3 aromatic rings. The highest BCUT2D eigenvalue weighted by Gasteiger charge is 2.15. The summed E-state index contributed by atoms with van der Waals surface area (Å²) >= 11 is 0. The fraction of sp³-hybridized carbons (Fsp3) is 0.0870. The van der Waals surface area contributed by atoms with Crippen molar-refractivity contribution < 1.29 is 23.9 Å². The first-order chi connectivity index (χ1) is 14.6. The molecule has 7 heteroatoms. The third kappa shape index (κ3) is 5.23. The van der Waals surface area contributed by atoms with E-state index in [1.807, 2.05) is 30.3 Å². The van der Waals surface area contributed by atoms with Gasteiger partial charge in [0.15, 0.2) is 0 Å². The van der Waals surface area contributed by atoms with Gasteiger partial charge in [0, 0.05) is 5.56 Å². The molecule has 0 aromatic heterocycles. The number of benzene rings is 3. The summed E-state index contributed by atoms with van der Waals surface area (Å²) in [6, 6.07) is 22.3. The summed E-state index contributed by atoms with van der Waals surface area (Å²) in [5, 5.41) is 0. The molecule has 3 aromatic carbocycles. The van der Waals surface area contributed by atoms with Gasteiger partial charge in [-0.05, 0) is 35.9 Å². The molecule has 7 nitrogen and oxygen atoms in total. The van der Waals surface area contributed by atoms with Crippen molar-refractivity contribution in [3.63, 3.8) is 0 Å². The normalized spacial score (nSPS) is 10.0. The molecule has 0 spiro atoms. The van der Waals surface area contributed by atoms with Crippen LogP contribution in [0.5, 0.6) is 5.75 Å². The van der Waals surface area contributed by atoms with Crippen LogP contribution in [0.15, 0.2) is 78.9 Å². The minimum Gasteiger partial charge on any atom is -0.488 e. The smallest absolute Gasteiger partial charge is 0.337 e. The minimum atomic E-state index is -0.572. The van der Waals surface area contributed by atoms with Gasteiger partial charge in [0.1, 0.15) is 12.4 Å². The quantitative estimate of drug-likeness (QED) is 0.486. The van der Waals surface area contributed by atoms with Crippen LogP contribution in [-0.2, 0) is 11.3 Å². The van der Waals surface area contributed by atoms with Gasteiger partial charge in [-0.1, -0.05) is 48.5 Å². The van der Waals surface area contributed by atoms with Crippen molar-refractivity contribution in [2.75, 3.05) is 7.11 Å². The zero-order chi connectivity index (χ0) is 21.3. The van der Waals surface area contributed by atoms with Crippen LogP contribution in [0.1, 0.15) is 36.6 Å². The molecular weight excluding hydrogens is 384 g/mol. The largest absolute Gasteiger partial charge is 0.488 e. The van der Waals surface area contributed by atoms with Crippen molar-refractivity contribution >= 4 is 17.8 Å². The maximum absolute atomic E-state index is 12.6. The van der Waals surface area contributed by atoms with Gasteiger partial charge >= 0.3 is 5.97 Å². The molecule has 0 aliphatic heterocycles. The Morgan fingerprint density at radius 2 is 1.43 bits per heavy atom. The summed E-state index contributed by atoms with van der Waals surface area (Å²) in [4.78, 5) is 36.5. The standard InChI is InChI=1S/C23H20N2O5/c1-29-23(28)18-11-7-10-17(14-18)21(26)24-25-22(27)19-12-5-6-13-20(19)30-15-16-8-3-2-4-9-16/h2-14H,15H2,1H3,(H,24,26)(H,25,27). The molecule has 152 valence electrons. The zero-order valence-corrected chi connectivity index (χ0v) is 16.3. The van der Waals surface area contributed by atoms with Crippen LogP contribution in [0.4, 0.5) is 0 Å². The van der Waals surface area contributed by atoms with E-state index in [0.717, 1.165) is 5.56 Å². The number of rotatable bonds is 6. The van der Waals surface area contributed by atoms with Crippen LogP contribution in [0.25, 0.3) is 0 Å². The fourth-order valence-corrected chi connectivity index (χ4v) is 2.67. The van der Waals surface area contributed by atoms with E-state index in [0.29, 0.717) is 12.4 Å². The van der Waals surface area contributed by atoms with Gasteiger partial charge in [-0.3, -0.25) is 20.4 Å². The lowest BCUT2D eigenvalue weighted by atomic mass is 10.1. The van der Waals surface area contributed by atoms with Crippen molar-refractivity contribution in [3.05, 3.63) is 101 Å². The number of nitrogens with one attached hydrogen (secondary N) is 2. The van der Waals surface area contributed by atoms with Gasteiger partial charge in [-0.2, -0.15) is 0 Å². The number of carbonyl (C=O) groups excluding carboxylic acids is 3. The third-order valence-corrected chi connectivity index (χ3v) is 4.20. The first kappa shape index (κ1) is 20.6. The average Bonchev–Trinajstić information content (AvgIpc) is 2.81. The van der Waals surface area contributed by atoms with Gasteiger partial charge in [-0.15, -0.1) is 0 Å². The number of methoxy groups -OCH3 is 1. The molecule has 0 radical (unpaired) electrons. The predicted molar refractivity (Wildman–Crippen MR) is 110 cm³/mol. The maximum Gasteiger partial charge on any atom is 0.337 e. The molecule has 0 saturated carbocycles. The number of hydrogen-bond donors (Lipinski definition) is 2. The Kier molecular flexibility index (Phi) is 6.78. The summed E-state index contributed by atoms with van der Waals surface area (Å²) in [6.07, 6.45) is 0. The lowest BCUT2D eigenvalue weighted by molar-refractivity contribution is 0.0600. The van der Waals surface area contributed by atoms with Crippen molar-refractivity contribution in [2.45, 2.75) is 6.61 Å². The zero-order valence-electron chi connectivity index (χ0n) is 16.3. The lowest BCUT2D eigenvalue weighted by Crippen LogP contribution is -2.41. The Bertz CT molecular complexity index is 1050. The lowest BCUT2D eigenvalue weighted by Gasteiger charge is -2.12. The fourth-order valence-electron chi connectivity index (χ4n) is 2.67. The second-order valence-electron chi connectivity index (χ2n) is 6.25. The third-order valence-electron chi connectivity index (χ3n) is 4.20. The van der Waals surface area contributed by atoms with E-state index in [2.05, 4.69) is 15.6 Å². The summed E-state index contributed by atoms with van der Waals surface area (Å²) in [6.45, 7) is 0.303. The molecule has 0 atom stereocenters. The van der Waals surface area contributed by atoms with Gasteiger partial charge in [-0.25, -0.2) is 4.79 Å². The summed E-state index contributed by atoms with van der Waals surface area (Å²) in [7, 11) is 1.26. The predicted octanol–water partition coefficient (Wildman–Crippen LogP) is 3.13. The number of esters is 1. The SMILES string of the molecule is COC(=O)c1cccc(C(=O)NNC(=O)c2ccccc2OCc2ccccc2)c1. The molecule has 0 aliphatic carbocycles. The van der Waals surface area contributed by atoms with E-state index in [1.54, 1.807) is 30.3 Å². The highest BCUT2D eigenvalue weighted by Crippen LogP contribution is 2.19. The van der Waals surface area contributed by atoms with Crippen molar-refractivity contribution in [1.29, 1.82) is 0 Å². The molecule has 0 heterocycles. The number of amides is 2. The number of hydrogen-bond acceptors (Lipinski definition) is 5. The van der Waals surface area contributed by atoms with Gasteiger partial charge < -0.3 is 9.47 Å². The molecule has 3 rings (SSSR count). The Hall–Kier alpha value is -4.13. The second-order valence-corrected chi connectivity index (χ2v) is 6.25. The van der Waals surface area contributed by atoms with Gasteiger partial charge in [0.25, 0.3) is 11.8 Å². The molecule has 2 amide bonds. The van der Waals surface area contributed by atoms with Crippen LogP contribution < -0.4 is 15.6 Å². The Morgan fingerprint density at radius 1 is 0.767 bits per heavy atom. The number of hydrazine groups is 1. The second kappa shape index (κ2) is 9.88. The topological polar surface area (TPSA) is 93.7 Å². The van der Waals surface area contributed by atoms with E-state index in [9.17, 15) is 14.4 Å². The van der Waals surface area contributed by atoms with Crippen LogP contribution in [0, 0.1) is 0 Å². The van der Waals surface area contributed by atoms with E-state index in [4.69, 9.17) is 4.74 Å². The molecular formula is C23H20N2O5. The van der Waals surface area contributed by atoms with E-state index in [1.165, 1.54) is 25.3 Å². The number of carbonyl (C=O) groups is 3. The van der Waals surface area contributed by atoms with E-state index >= 15 is 0 Å². The first-order valence-corrected chi connectivity index (χ1v) is 9.13. The summed E-state index contributed by atoms with van der Waals surface area (Å²) in [5.74, 6) is -1.27. The summed E-state index contributed by atoms with van der Waals surface area (Å²) in [5.41, 5.74) is 6.37. The minimum absolute atomic E-state index is 0.201. The van der Waals surface area contributed by atoms with Crippen LogP contribution >= 0.6 is 0 Å². The van der Waals surface area contributed by atoms with Crippen molar-refractivity contribution in [1.82, 2.24) is 10.9 Å². The van der Waals surface area contributed by atoms with E-state index < -0.39 is 17.8 Å². The summed E-state index contributed by atoms with van der Waals surface area (Å²) < 4.78 is 10.4. The number of ether oxygens (including phenoxy) is 2. The monoisotopic (exact) mass is 404 g/mol. The van der Waals surface area contributed by atoms with Crippen LogP contribution in [0.2, 0.25) is 0 Å². The van der Waals surface area contributed by atoms with Crippen LogP contribution in [-0.4, -0.2) is 24.9 Å². The Labute approximate surface area is 173 Å². The first-order valence-electron chi connectivity index (χ1n) is 9.13. The van der Waals surface area contributed by atoms with Gasteiger partial charge in [0.2, 0.25) is 0 Å². The molecule has 0 saturated heterocycles. The Morgan fingerprint density at radius 3 is 2.20 bits per heavy atom. The number of para-hydroxylation sites is 1. The highest BCUT2D eigenvalue weighted by atomic mass is 16.5. The molecule has 0 bridgehead atoms. The van der Waals surface area contributed by atoms with Crippen LogP contribution in [0.3, 0.4) is 0 Å². The highest BCUT2D eigenvalue weighted by molar-refractivity contribution is 6.01. The average molecular weight is 404 g/mol. The molecule has 0 aliphatic rings. The van der Waals surface area contributed by atoms with Gasteiger partial charge in [0.05, 0.1) is 18.2 Å². The maximum atomic E-state index is 12.6. The molecule has 30 heavy (non-hydrogen) atoms.